The second-order valence-electron chi connectivity index (χ2n) is 4.43. The minimum Gasteiger partial charge on any atom is -0.292 e. The highest BCUT2D eigenvalue weighted by molar-refractivity contribution is 7.85. The lowest BCUT2D eigenvalue weighted by Gasteiger charge is -2.31. The van der Waals surface area contributed by atoms with Crippen LogP contribution in [0, 0.1) is 5.82 Å². The summed E-state index contributed by atoms with van der Waals surface area (Å²) < 4.78 is 24.1. The van der Waals surface area contributed by atoms with E-state index in [0.717, 1.165) is 0 Å². The number of halogens is 1. The summed E-state index contributed by atoms with van der Waals surface area (Å²) in [6.07, 6.45) is 0. The average Bonchev–Trinajstić information content (AvgIpc) is 2.39. The van der Waals surface area contributed by atoms with Crippen molar-refractivity contribution in [2.24, 2.45) is 0 Å². The van der Waals surface area contributed by atoms with E-state index in [-0.39, 0.29) is 17.6 Å². The van der Waals surface area contributed by atoms with Crippen LogP contribution in [0.4, 0.5) is 4.39 Å². The fraction of sp³-hybridized carbons (Fsp3) is 0.462. The first-order valence-corrected chi connectivity index (χ1v) is 7.45. The third-order valence-electron chi connectivity index (χ3n) is 3.27. The Kier molecular flexibility index (Phi) is 4.24. The van der Waals surface area contributed by atoms with Crippen LogP contribution in [0.15, 0.2) is 24.3 Å². The summed E-state index contributed by atoms with van der Waals surface area (Å²) in [5, 5.41) is 0. The van der Waals surface area contributed by atoms with E-state index in [1.807, 2.05) is 11.8 Å². The number of ketones is 1. The highest BCUT2D eigenvalue weighted by Gasteiger charge is 2.25. The van der Waals surface area contributed by atoms with Crippen molar-refractivity contribution in [3.05, 3.63) is 35.6 Å². The van der Waals surface area contributed by atoms with Gasteiger partial charge in [0.2, 0.25) is 0 Å². The fourth-order valence-corrected chi connectivity index (χ4v) is 3.14. The molecule has 5 heteroatoms. The maximum atomic E-state index is 12.8. The summed E-state index contributed by atoms with van der Waals surface area (Å²) in [6.45, 7) is 3.21. The predicted molar refractivity (Wildman–Crippen MR) is 69.6 cm³/mol. The molecular weight excluding hydrogens is 253 g/mol. The lowest BCUT2D eigenvalue weighted by atomic mass is 10.0. The first-order valence-electron chi connectivity index (χ1n) is 5.97. The molecule has 1 aliphatic heterocycles. The molecule has 18 heavy (non-hydrogen) atoms. The highest BCUT2D eigenvalue weighted by Crippen LogP contribution is 2.12. The molecule has 0 bridgehead atoms. The normalized spacial score (nSPS) is 19.7. The third-order valence-corrected chi connectivity index (χ3v) is 4.54. The van der Waals surface area contributed by atoms with Gasteiger partial charge in [0, 0.05) is 41.0 Å². The smallest absolute Gasteiger partial charge is 0.179 e. The number of rotatable bonds is 3. The SMILES string of the molecule is CC(C(=O)c1ccc(F)cc1)N1CCS(=O)CC1. The van der Waals surface area contributed by atoms with Gasteiger partial charge < -0.3 is 0 Å². The van der Waals surface area contributed by atoms with Gasteiger partial charge in [-0.1, -0.05) is 0 Å². The molecule has 2 rings (SSSR count). The zero-order chi connectivity index (χ0) is 13.1. The minimum atomic E-state index is -0.741. The Morgan fingerprint density at radius 3 is 2.39 bits per heavy atom. The molecule has 1 aliphatic rings. The Morgan fingerprint density at radius 2 is 1.83 bits per heavy atom. The molecule has 1 unspecified atom stereocenters. The quantitative estimate of drug-likeness (QED) is 0.780. The van der Waals surface area contributed by atoms with Gasteiger partial charge in [-0.2, -0.15) is 0 Å². The van der Waals surface area contributed by atoms with E-state index in [4.69, 9.17) is 0 Å². The largest absolute Gasteiger partial charge is 0.292 e. The second kappa shape index (κ2) is 5.71. The molecule has 0 saturated carbocycles. The van der Waals surface area contributed by atoms with E-state index in [9.17, 15) is 13.4 Å². The van der Waals surface area contributed by atoms with Crippen LogP contribution < -0.4 is 0 Å². The van der Waals surface area contributed by atoms with Gasteiger partial charge in [0.15, 0.2) is 5.78 Å². The van der Waals surface area contributed by atoms with E-state index < -0.39 is 10.8 Å². The molecule has 98 valence electrons. The molecule has 1 atom stereocenters. The van der Waals surface area contributed by atoms with E-state index >= 15 is 0 Å². The van der Waals surface area contributed by atoms with Gasteiger partial charge in [-0.25, -0.2) is 4.39 Å². The maximum Gasteiger partial charge on any atom is 0.179 e. The van der Waals surface area contributed by atoms with Crippen LogP contribution in [0.2, 0.25) is 0 Å². The van der Waals surface area contributed by atoms with Crippen molar-refractivity contribution in [3.63, 3.8) is 0 Å². The molecule has 1 aromatic rings. The summed E-state index contributed by atoms with van der Waals surface area (Å²) in [5.74, 6) is 0.900. The van der Waals surface area contributed by atoms with Crippen molar-refractivity contribution >= 4 is 16.6 Å². The molecular formula is C13H16FNO2S. The van der Waals surface area contributed by atoms with Gasteiger partial charge in [0.05, 0.1) is 6.04 Å². The van der Waals surface area contributed by atoms with Gasteiger partial charge in [0.25, 0.3) is 0 Å². The maximum absolute atomic E-state index is 12.8. The van der Waals surface area contributed by atoms with Crippen LogP contribution in [0.3, 0.4) is 0 Å². The summed E-state index contributed by atoms with van der Waals surface area (Å²) in [5.41, 5.74) is 0.524. The van der Waals surface area contributed by atoms with Crippen LogP contribution in [0.5, 0.6) is 0 Å². The number of hydrogen-bond donors (Lipinski definition) is 0. The monoisotopic (exact) mass is 269 g/mol. The molecule has 0 aliphatic carbocycles. The van der Waals surface area contributed by atoms with Crippen molar-refractivity contribution in [3.8, 4) is 0 Å². The van der Waals surface area contributed by atoms with E-state index in [1.54, 1.807) is 0 Å². The lowest BCUT2D eigenvalue weighted by molar-refractivity contribution is 0.0850. The molecule has 3 nitrogen and oxygen atoms in total. The number of hydrogen-bond acceptors (Lipinski definition) is 3. The molecule has 0 spiro atoms. The molecule has 0 aromatic heterocycles. The first-order chi connectivity index (χ1) is 8.58. The lowest BCUT2D eigenvalue weighted by Crippen LogP contribution is -2.46. The van der Waals surface area contributed by atoms with Gasteiger partial charge in [0.1, 0.15) is 5.82 Å². The number of nitrogens with zero attached hydrogens (tertiary/aromatic N) is 1. The van der Waals surface area contributed by atoms with Crippen molar-refractivity contribution in [2.45, 2.75) is 13.0 Å². The zero-order valence-corrected chi connectivity index (χ0v) is 11.1. The van der Waals surface area contributed by atoms with Crippen LogP contribution >= 0.6 is 0 Å². The van der Waals surface area contributed by atoms with Gasteiger partial charge in [-0.15, -0.1) is 0 Å². The topological polar surface area (TPSA) is 37.4 Å². The van der Waals surface area contributed by atoms with Gasteiger partial charge in [-0.3, -0.25) is 13.9 Å². The summed E-state index contributed by atoms with van der Waals surface area (Å²) >= 11 is 0. The average molecular weight is 269 g/mol. The predicted octanol–water partition coefficient (Wildman–Crippen LogP) is 1.46. The van der Waals surface area contributed by atoms with Crippen molar-refractivity contribution in [1.82, 2.24) is 4.90 Å². The molecule has 1 fully saturated rings. The van der Waals surface area contributed by atoms with Crippen molar-refractivity contribution in [1.29, 1.82) is 0 Å². The molecule has 1 aromatic carbocycles. The van der Waals surface area contributed by atoms with Gasteiger partial charge in [-0.05, 0) is 31.2 Å². The summed E-state index contributed by atoms with van der Waals surface area (Å²) in [7, 11) is -0.741. The number of benzene rings is 1. The van der Waals surface area contributed by atoms with E-state index in [1.165, 1.54) is 24.3 Å². The van der Waals surface area contributed by atoms with Gasteiger partial charge >= 0.3 is 0 Å². The Labute approximate surface area is 108 Å². The first kappa shape index (κ1) is 13.4. The Morgan fingerprint density at radius 1 is 1.28 bits per heavy atom. The summed E-state index contributed by atoms with van der Waals surface area (Å²) in [4.78, 5) is 14.2. The molecule has 1 saturated heterocycles. The van der Waals surface area contributed by atoms with Crippen LogP contribution in [-0.4, -0.2) is 45.5 Å². The van der Waals surface area contributed by atoms with E-state index in [0.29, 0.717) is 30.2 Å². The van der Waals surface area contributed by atoms with Crippen molar-refractivity contribution in [2.75, 3.05) is 24.6 Å². The van der Waals surface area contributed by atoms with Crippen LogP contribution in [0.25, 0.3) is 0 Å². The van der Waals surface area contributed by atoms with Crippen molar-refractivity contribution < 1.29 is 13.4 Å². The number of Topliss-reactive ketones (excluding diaryl/α,β-unsaturated/α-hetero) is 1. The van der Waals surface area contributed by atoms with Crippen LogP contribution in [0.1, 0.15) is 17.3 Å². The summed E-state index contributed by atoms with van der Waals surface area (Å²) in [6, 6.07) is 5.37. The number of carbonyl (C=O) groups is 1. The fourth-order valence-electron chi connectivity index (χ4n) is 2.06. The Balaban J connectivity index is 2.04. The van der Waals surface area contributed by atoms with Crippen LogP contribution in [-0.2, 0) is 10.8 Å². The second-order valence-corrected chi connectivity index (χ2v) is 6.13. The standard InChI is InChI=1S/C13H16FNO2S/c1-10(15-6-8-18(17)9-7-15)13(16)11-2-4-12(14)5-3-11/h2-5,10H,6-9H2,1H3. The Bertz CT molecular complexity index is 451. The Hall–Kier alpha value is -1.07. The highest BCUT2D eigenvalue weighted by atomic mass is 32.2. The molecule has 0 N–H and O–H groups in total. The number of carbonyl (C=O) groups excluding carboxylic acids is 1. The third kappa shape index (κ3) is 3.03. The minimum absolute atomic E-state index is 0.0114. The molecule has 1 heterocycles. The zero-order valence-electron chi connectivity index (χ0n) is 10.3. The van der Waals surface area contributed by atoms with E-state index in [2.05, 4.69) is 0 Å². The molecule has 0 radical (unpaired) electrons. The molecule has 0 amide bonds.